The molecule has 1 aliphatic heterocycles. The number of halogens is 1. The summed E-state index contributed by atoms with van der Waals surface area (Å²) in [6, 6.07) is 1.16. The maximum absolute atomic E-state index is 5.32. The van der Waals surface area contributed by atoms with Crippen LogP contribution in [0, 0.1) is 0 Å². The van der Waals surface area contributed by atoms with Crippen LogP contribution in [0.4, 0.5) is 0 Å². The molecule has 0 amide bonds. The van der Waals surface area contributed by atoms with E-state index in [0.717, 1.165) is 13.2 Å². The first kappa shape index (κ1) is 7.75. The molecule has 2 atom stereocenters. The summed E-state index contributed by atoms with van der Waals surface area (Å²) in [5.74, 6) is 0. The summed E-state index contributed by atoms with van der Waals surface area (Å²) >= 11 is 2.36. The van der Waals surface area contributed by atoms with Gasteiger partial charge in [-0.15, -0.1) is 0 Å². The minimum atomic E-state index is 0.578. The van der Waals surface area contributed by atoms with Crippen LogP contribution in [-0.4, -0.2) is 28.4 Å². The van der Waals surface area contributed by atoms with Crippen LogP contribution in [0.1, 0.15) is 13.8 Å². The van der Waals surface area contributed by atoms with Crippen molar-refractivity contribution in [3.63, 3.8) is 0 Å². The number of hydrogen-bond acceptors (Lipinski definition) is 2. The van der Waals surface area contributed by atoms with Crippen molar-refractivity contribution in [2.75, 3.05) is 13.2 Å². The van der Waals surface area contributed by atoms with Gasteiger partial charge in [0.05, 0.1) is 13.2 Å². The Labute approximate surface area is 70.0 Å². The van der Waals surface area contributed by atoms with Crippen molar-refractivity contribution in [1.29, 1.82) is 0 Å². The van der Waals surface area contributed by atoms with E-state index in [1.165, 1.54) is 0 Å². The van der Waals surface area contributed by atoms with Gasteiger partial charge in [0.2, 0.25) is 0 Å². The highest BCUT2D eigenvalue weighted by atomic mass is 127. The lowest BCUT2D eigenvalue weighted by molar-refractivity contribution is 0.0199. The van der Waals surface area contributed by atoms with Gasteiger partial charge >= 0.3 is 0 Å². The summed E-state index contributed by atoms with van der Waals surface area (Å²) in [7, 11) is 0. The summed E-state index contributed by atoms with van der Waals surface area (Å²) in [4.78, 5) is 0. The van der Waals surface area contributed by atoms with Gasteiger partial charge in [0.25, 0.3) is 0 Å². The highest BCUT2D eigenvalue weighted by molar-refractivity contribution is 14.1. The molecular weight excluding hydrogens is 229 g/mol. The van der Waals surface area contributed by atoms with Crippen LogP contribution in [0.25, 0.3) is 0 Å². The molecule has 1 saturated heterocycles. The largest absolute Gasteiger partial charge is 0.378 e. The van der Waals surface area contributed by atoms with Gasteiger partial charge in [-0.05, 0) is 13.8 Å². The molecule has 3 heteroatoms. The van der Waals surface area contributed by atoms with E-state index in [4.69, 9.17) is 4.74 Å². The van der Waals surface area contributed by atoms with Gasteiger partial charge in [-0.2, -0.15) is 0 Å². The van der Waals surface area contributed by atoms with Crippen molar-refractivity contribution in [1.82, 2.24) is 3.11 Å². The zero-order valence-electron chi connectivity index (χ0n) is 5.80. The zero-order chi connectivity index (χ0) is 6.85. The molecule has 0 spiro atoms. The van der Waals surface area contributed by atoms with Crippen molar-refractivity contribution >= 4 is 22.9 Å². The highest BCUT2D eigenvalue weighted by Crippen LogP contribution is 2.16. The molecule has 0 aromatic rings. The predicted molar refractivity (Wildman–Crippen MR) is 45.6 cm³/mol. The summed E-state index contributed by atoms with van der Waals surface area (Å²) < 4.78 is 7.64. The first-order valence-electron chi connectivity index (χ1n) is 3.23. The van der Waals surface area contributed by atoms with Gasteiger partial charge in [0.15, 0.2) is 0 Å². The van der Waals surface area contributed by atoms with E-state index in [2.05, 4.69) is 39.8 Å². The van der Waals surface area contributed by atoms with E-state index in [9.17, 15) is 0 Å². The molecule has 0 bridgehead atoms. The summed E-state index contributed by atoms with van der Waals surface area (Å²) in [6.07, 6.45) is 0. The van der Waals surface area contributed by atoms with Crippen molar-refractivity contribution in [2.45, 2.75) is 25.9 Å². The fourth-order valence-electron chi connectivity index (χ4n) is 0.986. The van der Waals surface area contributed by atoms with E-state index >= 15 is 0 Å². The monoisotopic (exact) mass is 241 g/mol. The van der Waals surface area contributed by atoms with Gasteiger partial charge in [-0.3, -0.25) is 0 Å². The third-order valence-corrected chi connectivity index (χ3v) is 3.46. The average Bonchev–Trinajstić information content (AvgIpc) is 1.83. The molecule has 0 N–H and O–H groups in total. The van der Waals surface area contributed by atoms with Crippen LogP contribution in [0.15, 0.2) is 0 Å². The maximum atomic E-state index is 5.32. The van der Waals surface area contributed by atoms with E-state index in [-0.39, 0.29) is 0 Å². The molecule has 0 aromatic heterocycles. The Kier molecular flexibility index (Phi) is 2.73. The quantitative estimate of drug-likeness (QED) is 0.470. The second-order valence-corrected chi connectivity index (χ2v) is 3.69. The first-order chi connectivity index (χ1) is 4.22. The number of ether oxygens (including phenoxy) is 1. The Balaban J connectivity index is 2.41. The Morgan fingerprint density at radius 3 is 2.11 bits per heavy atom. The predicted octanol–water partition coefficient (Wildman–Crippen LogP) is 1.45. The van der Waals surface area contributed by atoms with Crippen molar-refractivity contribution < 1.29 is 4.74 Å². The summed E-state index contributed by atoms with van der Waals surface area (Å²) in [6.45, 7) is 6.13. The van der Waals surface area contributed by atoms with E-state index in [0.29, 0.717) is 12.1 Å². The van der Waals surface area contributed by atoms with Crippen LogP contribution in [0.5, 0.6) is 0 Å². The van der Waals surface area contributed by atoms with E-state index in [1.54, 1.807) is 0 Å². The SMILES string of the molecule is C[C@@H]1COC[C@@H](C)N1I. The van der Waals surface area contributed by atoms with Gasteiger partial charge < -0.3 is 4.74 Å². The maximum Gasteiger partial charge on any atom is 0.0628 e. The Morgan fingerprint density at radius 2 is 1.78 bits per heavy atom. The van der Waals surface area contributed by atoms with Crippen molar-refractivity contribution in [3.05, 3.63) is 0 Å². The summed E-state index contributed by atoms with van der Waals surface area (Å²) in [5, 5.41) is 0. The molecule has 0 aromatic carbocycles. The highest BCUT2D eigenvalue weighted by Gasteiger charge is 2.22. The molecule has 1 rings (SSSR count). The number of morpholine rings is 1. The third-order valence-electron chi connectivity index (χ3n) is 1.56. The number of nitrogens with zero attached hydrogens (tertiary/aromatic N) is 1. The van der Waals surface area contributed by atoms with E-state index in [1.807, 2.05) is 0 Å². The van der Waals surface area contributed by atoms with Gasteiger partial charge in [0.1, 0.15) is 0 Å². The average molecular weight is 241 g/mol. The smallest absolute Gasteiger partial charge is 0.0628 e. The van der Waals surface area contributed by atoms with Crippen LogP contribution < -0.4 is 0 Å². The van der Waals surface area contributed by atoms with Crippen LogP contribution in [0.2, 0.25) is 0 Å². The van der Waals surface area contributed by atoms with Crippen molar-refractivity contribution in [2.24, 2.45) is 0 Å². The van der Waals surface area contributed by atoms with Crippen molar-refractivity contribution in [3.8, 4) is 0 Å². The molecule has 0 saturated carbocycles. The lowest BCUT2D eigenvalue weighted by atomic mass is 10.2. The molecule has 0 radical (unpaired) electrons. The zero-order valence-corrected chi connectivity index (χ0v) is 7.96. The summed E-state index contributed by atoms with van der Waals surface area (Å²) in [5.41, 5.74) is 0. The first-order valence-corrected chi connectivity index (χ1v) is 4.20. The van der Waals surface area contributed by atoms with Gasteiger partial charge in [0, 0.05) is 34.9 Å². The Bertz CT molecular complexity index is 89.1. The van der Waals surface area contributed by atoms with Crippen LogP contribution in [0.3, 0.4) is 0 Å². The van der Waals surface area contributed by atoms with Gasteiger partial charge in [-0.1, -0.05) is 0 Å². The lowest BCUT2D eigenvalue weighted by Gasteiger charge is -2.33. The molecular formula is C6H12INO. The van der Waals surface area contributed by atoms with Crippen LogP contribution >= 0.6 is 22.9 Å². The third kappa shape index (κ3) is 1.78. The Hall–Kier alpha value is 0.650. The second-order valence-electron chi connectivity index (χ2n) is 2.58. The van der Waals surface area contributed by atoms with Gasteiger partial charge in [-0.25, -0.2) is 3.11 Å². The molecule has 0 aliphatic carbocycles. The molecule has 2 nitrogen and oxygen atoms in total. The minimum absolute atomic E-state index is 0.578. The standard InChI is InChI=1S/C6H12INO/c1-5-3-9-4-6(2)8(5)7/h5-6H,3-4H2,1-2H3/t5-,6-/m1/s1. The molecule has 9 heavy (non-hydrogen) atoms. The fourth-order valence-corrected chi connectivity index (χ4v) is 1.31. The second kappa shape index (κ2) is 3.16. The molecule has 1 aliphatic rings. The number of rotatable bonds is 0. The molecule has 1 fully saturated rings. The topological polar surface area (TPSA) is 12.5 Å². The minimum Gasteiger partial charge on any atom is -0.378 e. The Morgan fingerprint density at radius 1 is 1.33 bits per heavy atom. The lowest BCUT2D eigenvalue weighted by Crippen LogP contribution is -2.43. The van der Waals surface area contributed by atoms with Crippen LogP contribution in [-0.2, 0) is 4.74 Å². The fraction of sp³-hybridized carbons (Fsp3) is 1.00. The molecule has 0 unspecified atom stereocenters. The molecule has 54 valence electrons. The number of hydrogen-bond donors (Lipinski definition) is 0. The van der Waals surface area contributed by atoms with E-state index < -0.39 is 0 Å². The normalized spacial score (nSPS) is 39.0. The molecule has 1 heterocycles.